The van der Waals surface area contributed by atoms with Crippen LogP contribution in [-0.4, -0.2) is 41.1 Å². The molecular formula is C11H22N2O3. The summed E-state index contributed by atoms with van der Waals surface area (Å²) in [7, 11) is 1.71. The molecule has 94 valence electrons. The predicted octanol–water partition coefficient (Wildman–Crippen LogP) is 1.54. The van der Waals surface area contributed by atoms with E-state index in [9.17, 15) is 9.59 Å². The van der Waals surface area contributed by atoms with Crippen molar-refractivity contribution >= 4 is 12.0 Å². The van der Waals surface area contributed by atoms with Gasteiger partial charge in [0.2, 0.25) is 0 Å². The lowest BCUT2D eigenvalue weighted by Gasteiger charge is -2.34. The molecule has 5 nitrogen and oxygen atoms in total. The summed E-state index contributed by atoms with van der Waals surface area (Å²) < 4.78 is 0. The molecule has 0 aliphatic rings. The number of carbonyl (C=O) groups excluding carboxylic acids is 1. The number of rotatable bonds is 5. The van der Waals surface area contributed by atoms with Crippen LogP contribution in [0, 0.1) is 5.92 Å². The van der Waals surface area contributed by atoms with Gasteiger partial charge in [-0.2, -0.15) is 0 Å². The van der Waals surface area contributed by atoms with Gasteiger partial charge in [-0.1, -0.05) is 13.8 Å². The van der Waals surface area contributed by atoms with Crippen LogP contribution in [0.4, 0.5) is 4.79 Å². The van der Waals surface area contributed by atoms with Crippen molar-refractivity contribution in [3.8, 4) is 0 Å². The van der Waals surface area contributed by atoms with Crippen LogP contribution in [0.1, 0.15) is 34.1 Å². The normalized spacial score (nSPS) is 13.1. The summed E-state index contributed by atoms with van der Waals surface area (Å²) in [5.41, 5.74) is -0.226. The van der Waals surface area contributed by atoms with E-state index in [1.54, 1.807) is 18.9 Å². The maximum atomic E-state index is 11.7. The monoisotopic (exact) mass is 230 g/mol. The van der Waals surface area contributed by atoms with Crippen molar-refractivity contribution in [3.63, 3.8) is 0 Å². The van der Waals surface area contributed by atoms with Crippen molar-refractivity contribution in [1.82, 2.24) is 10.2 Å². The molecule has 1 unspecified atom stereocenters. The van der Waals surface area contributed by atoms with Gasteiger partial charge in [-0.25, -0.2) is 4.79 Å². The second kappa shape index (κ2) is 5.72. The minimum atomic E-state index is -0.905. The average Bonchev–Trinajstić information content (AvgIpc) is 2.23. The Labute approximate surface area is 96.8 Å². The number of urea groups is 1. The van der Waals surface area contributed by atoms with Gasteiger partial charge < -0.3 is 15.3 Å². The Kier molecular flexibility index (Phi) is 5.27. The van der Waals surface area contributed by atoms with E-state index in [0.717, 1.165) is 6.42 Å². The van der Waals surface area contributed by atoms with Crippen LogP contribution in [0.15, 0.2) is 0 Å². The van der Waals surface area contributed by atoms with Crippen LogP contribution in [0.3, 0.4) is 0 Å². The highest BCUT2D eigenvalue weighted by Crippen LogP contribution is 2.16. The fourth-order valence-electron chi connectivity index (χ4n) is 0.958. The number of carboxylic acid groups (broad SMARTS) is 1. The molecule has 0 aromatic rings. The third-order valence-electron chi connectivity index (χ3n) is 3.06. The zero-order valence-corrected chi connectivity index (χ0v) is 10.7. The van der Waals surface area contributed by atoms with Crippen molar-refractivity contribution < 1.29 is 14.7 Å². The van der Waals surface area contributed by atoms with E-state index >= 15 is 0 Å². The predicted molar refractivity (Wildman–Crippen MR) is 62.3 cm³/mol. The molecule has 2 N–H and O–H groups in total. The summed E-state index contributed by atoms with van der Waals surface area (Å²) in [5.74, 6) is -1.47. The lowest BCUT2D eigenvalue weighted by molar-refractivity contribution is -0.140. The summed E-state index contributed by atoms with van der Waals surface area (Å²) in [4.78, 5) is 23.9. The van der Waals surface area contributed by atoms with Crippen LogP contribution in [0.25, 0.3) is 0 Å². The highest BCUT2D eigenvalue weighted by atomic mass is 16.4. The smallest absolute Gasteiger partial charge is 0.317 e. The lowest BCUT2D eigenvalue weighted by atomic mass is 10.0. The van der Waals surface area contributed by atoms with Gasteiger partial charge in [0.25, 0.3) is 0 Å². The largest absolute Gasteiger partial charge is 0.481 e. The van der Waals surface area contributed by atoms with Crippen LogP contribution in [0.5, 0.6) is 0 Å². The van der Waals surface area contributed by atoms with E-state index in [4.69, 9.17) is 5.11 Å². The molecule has 0 aliphatic heterocycles. The quantitative estimate of drug-likeness (QED) is 0.752. The fraction of sp³-hybridized carbons (Fsp3) is 0.818. The van der Waals surface area contributed by atoms with Crippen LogP contribution in [0.2, 0.25) is 0 Å². The Morgan fingerprint density at radius 1 is 1.44 bits per heavy atom. The number of nitrogens with zero attached hydrogens (tertiary/aromatic N) is 1. The highest BCUT2D eigenvalue weighted by Gasteiger charge is 2.25. The molecule has 0 radical (unpaired) electrons. The first kappa shape index (κ1) is 14.7. The third kappa shape index (κ3) is 4.08. The number of carbonyl (C=O) groups is 2. The average molecular weight is 230 g/mol. The van der Waals surface area contributed by atoms with Crippen molar-refractivity contribution in [2.75, 3.05) is 13.6 Å². The Morgan fingerprint density at radius 2 is 1.94 bits per heavy atom. The maximum absolute atomic E-state index is 11.7. The Morgan fingerprint density at radius 3 is 2.31 bits per heavy atom. The van der Waals surface area contributed by atoms with E-state index in [1.807, 2.05) is 20.8 Å². The third-order valence-corrected chi connectivity index (χ3v) is 3.06. The molecule has 0 aromatic carbocycles. The molecule has 0 saturated carbocycles. The minimum Gasteiger partial charge on any atom is -0.481 e. The van der Waals surface area contributed by atoms with Crippen LogP contribution >= 0.6 is 0 Å². The Hall–Kier alpha value is -1.26. The first-order chi connectivity index (χ1) is 7.22. The highest BCUT2D eigenvalue weighted by molar-refractivity contribution is 5.76. The van der Waals surface area contributed by atoms with Crippen molar-refractivity contribution in [3.05, 3.63) is 0 Å². The molecule has 0 aliphatic carbocycles. The molecule has 2 amide bonds. The molecule has 1 atom stereocenters. The fourth-order valence-corrected chi connectivity index (χ4v) is 0.958. The molecule has 0 bridgehead atoms. The minimum absolute atomic E-state index is 0.151. The molecular weight excluding hydrogens is 208 g/mol. The zero-order valence-electron chi connectivity index (χ0n) is 10.7. The van der Waals surface area contributed by atoms with Crippen molar-refractivity contribution in [1.29, 1.82) is 0 Å². The summed E-state index contributed by atoms with van der Waals surface area (Å²) >= 11 is 0. The standard InChI is InChI=1S/C11H22N2O3/c1-6-11(3,4)13(5)10(16)12-7-8(2)9(14)15/h8H,6-7H2,1-5H3,(H,12,16)(H,14,15). The van der Waals surface area contributed by atoms with Crippen LogP contribution < -0.4 is 5.32 Å². The van der Waals surface area contributed by atoms with Gasteiger partial charge in [-0.15, -0.1) is 0 Å². The van der Waals surface area contributed by atoms with E-state index in [2.05, 4.69) is 5.32 Å². The van der Waals surface area contributed by atoms with Crippen molar-refractivity contribution in [2.24, 2.45) is 5.92 Å². The topological polar surface area (TPSA) is 69.6 Å². The van der Waals surface area contributed by atoms with Gasteiger partial charge in [-0.05, 0) is 20.3 Å². The number of aliphatic carboxylic acids is 1. The summed E-state index contributed by atoms with van der Waals surface area (Å²) in [6.45, 7) is 7.65. The van der Waals surface area contributed by atoms with Crippen LogP contribution in [-0.2, 0) is 4.79 Å². The van der Waals surface area contributed by atoms with Gasteiger partial charge >= 0.3 is 12.0 Å². The Bertz CT molecular complexity index is 264. The Balaban J connectivity index is 4.22. The van der Waals surface area contributed by atoms with Gasteiger partial charge in [-0.3, -0.25) is 4.79 Å². The maximum Gasteiger partial charge on any atom is 0.317 e. The molecule has 5 heteroatoms. The van der Waals surface area contributed by atoms with Gasteiger partial charge in [0, 0.05) is 19.1 Å². The number of carboxylic acids is 1. The first-order valence-electron chi connectivity index (χ1n) is 5.46. The van der Waals surface area contributed by atoms with Gasteiger partial charge in [0.05, 0.1) is 5.92 Å². The van der Waals surface area contributed by atoms with Gasteiger partial charge in [0.15, 0.2) is 0 Å². The first-order valence-corrected chi connectivity index (χ1v) is 5.46. The summed E-state index contributed by atoms with van der Waals surface area (Å²) in [6.07, 6.45) is 0.839. The SMILES string of the molecule is CCC(C)(C)N(C)C(=O)NCC(C)C(=O)O. The van der Waals surface area contributed by atoms with E-state index in [1.165, 1.54) is 0 Å². The van der Waals surface area contributed by atoms with E-state index < -0.39 is 11.9 Å². The zero-order chi connectivity index (χ0) is 12.9. The van der Waals surface area contributed by atoms with E-state index in [0.29, 0.717) is 0 Å². The van der Waals surface area contributed by atoms with Crippen molar-refractivity contribution in [2.45, 2.75) is 39.7 Å². The number of hydrogen-bond donors (Lipinski definition) is 2. The number of nitrogens with one attached hydrogen (secondary N) is 1. The molecule has 0 rings (SSSR count). The van der Waals surface area contributed by atoms with Gasteiger partial charge in [0.1, 0.15) is 0 Å². The van der Waals surface area contributed by atoms with E-state index in [-0.39, 0.29) is 18.1 Å². The lowest BCUT2D eigenvalue weighted by Crippen LogP contribution is -2.50. The summed E-state index contributed by atoms with van der Waals surface area (Å²) in [6, 6.07) is -0.236. The molecule has 0 saturated heterocycles. The molecule has 0 spiro atoms. The molecule has 16 heavy (non-hydrogen) atoms. The molecule has 0 heterocycles. The second-order valence-corrected chi connectivity index (χ2v) is 4.65. The molecule has 0 aromatic heterocycles. The summed E-state index contributed by atoms with van der Waals surface area (Å²) in [5, 5.41) is 11.3. The number of hydrogen-bond acceptors (Lipinski definition) is 2. The molecule has 0 fully saturated rings. The second-order valence-electron chi connectivity index (χ2n) is 4.65. The number of amides is 2.